The number of carbonyl (C=O) groups excluding carboxylic acids is 2. The Hall–Kier alpha value is -3.44. The van der Waals surface area contributed by atoms with E-state index in [1.165, 1.54) is 64.2 Å². The Labute approximate surface area is 357 Å². The minimum atomic E-state index is -0.790. The second-order valence-electron chi connectivity index (χ2n) is 15.1. The Bertz CT molecular complexity index is 1180. The van der Waals surface area contributed by atoms with E-state index in [2.05, 4.69) is 123 Å². The van der Waals surface area contributed by atoms with Crippen LogP contribution in [0.2, 0.25) is 0 Å². The van der Waals surface area contributed by atoms with E-state index >= 15 is 0 Å². The van der Waals surface area contributed by atoms with Crippen molar-refractivity contribution in [3.8, 4) is 0 Å². The molecule has 0 fully saturated rings. The third-order valence-electron chi connectivity index (χ3n) is 9.55. The molecule has 0 radical (unpaired) electrons. The molecule has 0 heterocycles. The minimum Gasteiger partial charge on any atom is -0.462 e. The van der Waals surface area contributed by atoms with Gasteiger partial charge in [0.2, 0.25) is 0 Å². The largest absolute Gasteiger partial charge is 0.462 e. The molecule has 0 saturated carbocycles. The number of hydrogen-bond donors (Lipinski definition) is 1. The quantitative estimate of drug-likeness (QED) is 0.0379. The molecule has 0 rings (SSSR count). The zero-order valence-electron chi connectivity index (χ0n) is 37.3. The van der Waals surface area contributed by atoms with Gasteiger partial charge in [-0.2, -0.15) is 0 Å². The van der Waals surface area contributed by atoms with Crippen molar-refractivity contribution in [1.29, 1.82) is 0 Å². The van der Waals surface area contributed by atoms with Gasteiger partial charge in [0.1, 0.15) is 6.61 Å². The molecule has 0 saturated heterocycles. The number of aliphatic hydroxyl groups excluding tert-OH is 1. The zero-order valence-corrected chi connectivity index (χ0v) is 37.3. The van der Waals surface area contributed by atoms with Crippen LogP contribution in [0.15, 0.2) is 109 Å². The van der Waals surface area contributed by atoms with Crippen molar-refractivity contribution in [2.45, 2.75) is 200 Å². The van der Waals surface area contributed by atoms with Crippen LogP contribution in [0, 0.1) is 0 Å². The summed E-state index contributed by atoms with van der Waals surface area (Å²) in [7, 11) is 0. The summed E-state index contributed by atoms with van der Waals surface area (Å²) in [5.41, 5.74) is 0. The minimum absolute atomic E-state index is 0.0824. The molecular weight excluding hydrogens is 717 g/mol. The van der Waals surface area contributed by atoms with Gasteiger partial charge in [-0.3, -0.25) is 9.59 Å². The normalized spacial score (nSPS) is 13.2. The predicted octanol–water partition coefficient (Wildman–Crippen LogP) is 15.4. The fourth-order valence-corrected chi connectivity index (χ4v) is 6.03. The number of unbranched alkanes of at least 4 members (excludes halogenated alkanes) is 15. The van der Waals surface area contributed by atoms with E-state index in [1.807, 2.05) is 0 Å². The summed E-state index contributed by atoms with van der Waals surface area (Å²) in [6.07, 6.45) is 68.8. The number of allylic oxidation sites excluding steroid dienone is 18. The molecule has 0 aromatic carbocycles. The number of hydrogen-bond acceptors (Lipinski definition) is 5. The Morgan fingerprint density at radius 1 is 0.414 bits per heavy atom. The maximum absolute atomic E-state index is 12.2. The smallest absolute Gasteiger partial charge is 0.306 e. The van der Waals surface area contributed by atoms with Gasteiger partial charge in [-0.15, -0.1) is 0 Å². The molecule has 0 bridgehead atoms. The second-order valence-corrected chi connectivity index (χ2v) is 15.1. The Morgan fingerprint density at radius 2 is 0.741 bits per heavy atom. The summed E-state index contributed by atoms with van der Waals surface area (Å²) in [5.74, 6) is -0.626. The molecule has 0 spiro atoms. The lowest BCUT2D eigenvalue weighted by Gasteiger charge is -2.15. The molecule has 5 heteroatoms. The monoisotopic (exact) mass is 803 g/mol. The highest BCUT2D eigenvalue weighted by Crippen LogP contribution is 2.12. The highest BCUT2D eigenvalue weighted by atomic mass is 16.6. The molecule has 58 heavy (non-hydrogen) atoms. The fourth-order valence-electron chi connectivity index (χ4n) is 6.03. The van der Waals surface area contributed by atoms with Gasteiger partial charge in [-0.1, -0.05) is 187 Å². The van der Waals surface area contributed by atoms with Crippen molar-refractivity contribution in [2.24, 2.45) is 0 Å². The molecular formula is C53H86O5. The van der Waals surface area contributed by atoms with Gasteiger partial charge in [0, 0.05) is 12.8 Å². The SMILES string of the molecule is CC/C=C\C/C=C\C/C=C\C/C=C\C/C=C\C/C=C\C/C=C\C/C=C\CCCCCCCCC(=O)OC(CO)COC(=O)CCCCCCC/C=C\CCCCCC. The number of carbonyl (C=O) groups is 2. The zero-order chi connectivity index (χ0) is 42.1. The van der Waals surface area contributed by atoms with Crippen molar-refractivity contribution >= 4 is 11.9 Å². The summed E-state index contributed by atoms with van der Waals surface area (Å²) in [4.78, 5) is 24.3. The van der Waals surface area contributed by atoms with Crippen LogP contribution in [0.1, 0.15) is 194 Å². The van der Waals surface area contributed by atoms with Crippen molar-refractivity contribution in [1.82, 2.24) is 0 Å². The van der Waals surface area contributed by atoms with Crippen LogP contribution in [0.25, 0.3) is 0 Å². The van der Waals surface area contributed by atoms with E-state index in [-0.39, 0.29) is 25.2 Å². The van der Waals surface area contributed by atoms with Gasteiger partial charge in [0.25, 0.3) is 0 Å². The lowest BCUT2D eigenvalue weighted by molar-refractivity contribution is -0.161. The van der Waals surface area contributed by atoms with Gasteiger partial charge in [0.05, 0.1) is 6.61 Å². The van der Waals surface area contributed by atoms with Crippen molar-refractivity contribution < 1.29 is 24.2 Å². The van der Waals surface area contributed by atoms with Crippen LogP contribution in [-0.4, -0.2) is 36.4 Å². The number of rotatable bonds is 41. The first-order valence-corrected chi connectivity index (χ1v) is 23.4. The van der Waals surface area contributed by atoms with Gasteiger partial charge in [-0.25, -0.2) is 0 Å². The van der Waals surface area contributed by atoms with Crippen molar-refractivity contribution in [3.63, 3.8) is 0 Å². The Balaban J connectivity index is 3.64. The maximum Gasteiger partial charge on any atom is 0.306 e. The summed E-state index contributed by atoms with van der Waals surface area (Å²) in [5, 5.41) is 9.58. The van der Waals surface area contributed by atoms with Gasteiger partial charge < -0.3 is 14.6 Å². The molecule has 0 aliphatic carbocycles. The second kappa shape index (κ2) is 47.9. The molecule has 0 aromatic rings. The first-order chi connectivity index (χ1) is 28.6. The summed E-state index contributed by atoms with van der Waals surface area (Å²) in [6.45, 7) is 3.97. The molecule has 0 amide bonds. The van der Waals surface area contributed by atoms with Crippen molar-refractivity contribution in [3.05, 3.63) is 109 Å². The lowest BCUT2D eigenvalue weighted by Crippen LogP contribution is -2.28. The average Bonchev–Trinajstić information content (AvgIpc) is 3.23. The fraction of sp³-hybridized carbons (Fsp3) is 0.623. The predicted molar refractivity (Wildman–Crippen MR) is 251 cm³/mol. The van der Waals surface area contributed by atoms with Crippen LogP contribution >= 0.6 is 0 Å². The van der Waals surface area contributed by atoms with Crippen LogP contribution in [0.5, 0.6) is 0 Å². The standard InChI is InChI=1S/C53H86O5/c1-3-5-7-9-11-13-15-17-18-19-20-21-22-23-24-25-26-27-28-29-30-31-32-33-34-36-38-40-42-44-46-48-53(56)58-51(49-54)50-57-52(55)47-45-43-41-39-37-35-16-14-12-10-8-6-4-2/h5,7,11,13-14,16-18,20-21,23-24,26-27,29-30,32-33,51,54H,3-4,6,8-10,12,15,19,22,25,28,31,34-50H2,1-2H3/b7-5-,13-11-,16-14-,18-17-,21-20-,24-23-,27-26-,30-29-,33-32-. The van der Waals surface area contributed by atoms with E-state index in [1.54, 1.807) is 0 Å². The van der Waals surface area contributed by atoms with Crippen LogP contribution in [-0.2, 0) is 19.1 Å². The number of esters is 2. The Kier molecular flexibility index (Phi) is 45.1. The van der Waals surface area contributed by atoms with Gasteiger partial charge >= 0.3 is 11.9 Å². The first kappa shape index (κ1) is 54.6. The molecule has 5 nitrogen and oxygen atoms in total. The van der Waals surface area contributed by atoms with Crippen molar-refractivity contribution in [2.75, 3.05) is 13.2 Å². The third-order valence-corrected chi connectivity index (χ3v) is 9.55. The molecule has 1 atom stereocenters. The van der Waals surface area contributed by atoms with Crippen LogP contribution in [0.4, 0.5) is 0 Å². The lowest BCUT2D eigenvalue weighted by atomic mass is 10.1. The number of ether oxygens (including phenoxy) is 2. The molecule has 0 aromatic heterocycles. The molecule has 0 aliphatic rings. The highest BCUT2D eigenvalue weighted by molar-refractivity contribution is 5.70. The molecule has 1 unspecified atom stereocenters. The molecule has 0 aliphatic heterocycles. The van der Waals surface area contributed by atoms with E-state index in [0.29, 0.717) is 12.8 Å². The van der Waals surface area contributed by atoms with Crippen LogP contribution < -0.4 is 0 Å². The number of aliphatic hydroxyl groups is 1. The van der Waals surface area contributed by atoms with E-state index in [4.69, 9.17) is 9.47 Å². The summed E-state index contributed by atoms with van der Waals surface area (Å²) >= 11 is 0. The highest BCUT2D eigenvalue weighted by Gasteiger charge is 2.16. The van der Waals surface area contributed by atoms with Gasteiger partial charge in [0.15, 0.2) is 6.10 Å². The topological polar surface area (TPSA) is 72.8 Å². The first-order valence-electron chi connectivity index (χ1n) is 23.4. The molecule has 328 valence electrons. The summed E-state index contributed by atoms with van der Waals surface area (Å²) < 4.78 is 10.6. The molecule has 1 N–H and O–H groups in total. The van der Waals surface area contributed by atoms with E-state index in [9.17, 15) is 14.7 Å². The maximum atomic E-state index is 12.2. The Morgan fingerprint density at radius 3 is 1.14 bits per heavy atom. The van der Waals surface area contributed by atoms with E-state index < -0.39 is 6.10 Å². The average molecular weight is 803 g/mol. The third kappa shape index (κ3) is 45.3. The van der Waals surface area contributed by atoms with E-state index in [0.717, 1.165) is 103 Å². The summed E-state index contributed by atoms with van der Waals surface area (Å²) in [6, 6.07) is 0. The van der Waals surface area contributed by atoms with Gasteiger partial charge in [-0.05, 0) is 103 Å². The van der Waals surface area contributed by atoms with Crippen LogP contribution in [0.3, 0.4) is 0 Å².